The first-order chi connectivity index (χ1) is 15.7. The van der Waals surface area contributed by atoms with Gasteiger partial charge in [0.05, 0.1) is 24.9 Å². The predicted molar refractivity (Wildman–Crippen MR) is 122 cm³/mol. The molecule has 3 aliphatic heterocycles. The van der Waals surface area contributed by atoms with Gasteiger partial charge in [0.25, 0.3) is 0 Å². The van der Waals surface area contributed by atoms with E-state index in [-0.39, 0.29) is 17.1 Å². The Morgan fingerprint density at radius 1 is 1.19 bits per heavy atom. The number of nitriles is 1. The Morgan fingerprint density at radius 2 is 2.12 bits per heavy atom. The highest BCUT2D eigenvalue weighted by molar-refractivity contribution is 5.80. The van der Waals surface area contributed by atoms with Crippen LogP contribution in [0, 0.1) is 22.6 Å². The van der Waals surface area contributed by atoms with E-state index in [4.69, 9.17) is 14.7 Å². The highest BCUT2D eigenvalue weighted by Crippen LogP contribution is 2.42. The molecule has 2 atom stereocenters. The van der Waals surface area contributed by atoms with Gasteiger partial charge >= 0.3 is 0 Å². The van der Waals surface area contributed by atoms with Gasteiger partial charge in [-0.3, -0.25) is 0 Å². The van der Waals surface area contributed by atoms with Gasteiger partial charge in [-0.25, -0.2) is 4.39 Å². The highest BCUT2D eigenvalue weighted by Gasteiger charge is 2.39. The number of ether oxygens (including phenoxy) is 2. The average molecular weight is 436 g/mol. The SMILES string of the molecule is N#Cc1ccc(-c2cc(CC3CNCCO3)ccc2N2CCCC3(CCOC3)C2)cc1F. The summed E-state index contributed by atoms with van der Waals surface area (Å²) in [6.45, 7) is 6.10. The molecule has 3 fully saturated rings. The molecule has 1 N–H and O–H groups in total. The molecule has 0 saturated carbocycles. The Balaban J connectivity index is 1.50. The summed E-state index contributed by atoms with van der Waals surface area (Å²) in [7, 11) is 0. The molecule has 32 heavy (non-hydrogen) atoms. The number of nitrogens with zero attached hydrogens (tertiary/aromatic N) is 2. The van der Waals surface area contributed by atoms with Gasteiger partial charge in [0, 0.05) is 49.5 Å². The molecule has 0 bridgehead atoms. The molecule has 2 aromatic rings. The van der Waals surface area contributed by atoms with E-state index < -0.39 is 5.82 Å². The lowest BCUT2D eigenvalue weighted by molar-refractivity contribution is 0.0292. The Kier molecular flexibility index (Phi) is 6.14. The van der Waals surface area contributed by atoms with E-state index in [2.05, 4.69) is 28.4 Å². The number of halogens is 1. The largest absolute Gasteiger partial charge is 0.381 e. The van der Waals surface area contributed by atoms with Crippen LogP contribution in [0.3, 0.4) is 0 Å². The number of rotatable bonds is 4. The molecule has 5 nitrogen and oxygen atoms in total. The molecule has 2 unspecified atom stereocenters. The first-order valence-electron chi connectivity index (χ1n) is 11.6. The number of benzene rings is 2. The number of hydrogen-bond acceptors (Lipinski definition) is 5. The summed E-state index contributed by atoms with van der Waals surface area (Å²) >= 11 is 0. The van der Waals surface area contributed by atoms with Crippen molar-refractivity contribution in [2.75, 3.05) is 50.9 Å². The van der Waals surface area contributed by atoms with Crippen LogP contribution >= 0.6 is 0 Å². The lowest BCUT2D eigenvalue weighted by Gasteiger charge is -2.41. The summed E-state index contributed by atoms with van der Waals surface area (Å²) in [6, 6.07) is 13.4. The van der Waals surface area contributed by atoms with Crippen LogP contribution in [0.15, 0.2) is 36.4 Å². The molecule has 2 aromatic carbocycles. The van der Waals surface area contributed by atoms with Gasteiger partial charge in [0.2, 0.25) is 0 Å². The molecular formula is C26H30FN3O2. The van der Waals surface area contributed by atoms with Crippen LogP contribution in [0.5, 0.6) is 0 Å². The summed E-state index contributed by atoms with van der Waals surface area (Å²) in [4.78, 5) is 2.45. The normalized spacial score (nSPS) is 25.8. The van der Waals surface area contributed by atoms with Crippen LogP contribution in [-0.4, -0.2) is 52.1 Å². The van der Waals surface area contributed by atoms with E-state index >= 15 is 0 Å². The van der Waals surface area contributed by atoms with Crippen LogP contribution in [0.25, 0.3) is 11.1 Å². The lowest BCUT2D eigenvalue weighted by Crippen LogP contribution is -2.44. The summed E-state index contributed by atoms with van der Waals surface area (Å²) in [5.74, 6) is -0.472. The molecule has 1 spiro atoms. The summed E-state index contributed by atoms with van der Waals surface area (Å²) in [5, 5.41) is 12.5. The second-order valence-corrected chi connectivity index (χ2v) is 9.39. The van der Waals surface area contributed by atoms with Crippen molar-refractivity contribution < 1.29 is 13.9 Å². The minimum absolute atomic E-state index is 0.0770. The fourth-order valence-electron chi connectivity index (χ4n) is 5.39. The molecule has 168 valence electrons. The van der Waals surface area contributed by atoms with Crippen molar-refractivity contribution in [1.29, 1.82) is 5.26 Å². The molecule has 3 saturated heterocycles. The fraction of sp³-hybridized carbons (Fsp3) is 0.500. The monoisotopic (exact) mass is 435 g/mol. The zero-order chi connectivity index (χ0) is 22.0. The first kappa shape index (κ1) is 21.4. The minimum atomic E-state index is -0.472. The van der Waals surface area contributed by atoms with Gasteiger partial charge in [-0.05, 0) is 61.1 Å². The van der Waals surface area contributed by atoms with Crippen molar-refractivity contribution in [2.45, 2.75) is 31.8 Å². The standard InChI is InChI=1S/C26H30FN3O2/c27-24-14-20(3-4-21(24)15-28)23-13-19(12-22-16-29-8-11-32-22)2-5-25(23)30-9-1-6-26(17-30)7-10-31-18-26/h2-5,13-14,22,29H,1,6-12,16-18H2. The van der Waals surface area contributed by atoms with Gasteiger partial charge in [-0.15, -0.1) is 0 Å². The Bertz CT molecular complexity index is 1010. The molecular weight excluding hydrogens is 405 g/mol. The van der Waals surface area contributed by atoms with Crippen LogP contribution in [0.1, 0.15) is 30.4 Å². The molecule has 0 aromatic heterocycles. The van der Waals surface area contributed by atoms with Gasteiger partial charge < -0.3 is 19.7 Å². The van der Waals surface area contributed by atoms with Gasteiger partial charge in [0.15, 0.2) is 0 Å². The average Bonchev–Trinajstić information content (AvgIpc) is 3.27. The number of piperidine rings is 1. The van der Waals surface area contributed by atoms with Gasteiger partial charge in [-0.2, -0.15) is 5.26 Å². The number of anilines is 1. The fourth-order valence-corrected chi connectivity index (χ4v) is 5.39. The molecule has 0 radical (unpaired) electrons. The third kappa shape index (κ3) is 4.38. The van der Waals surface area contributed by atoms with Crippen LogP contribution < -0.4 is 10.2 Å². The molecule has 3 aliphatic rings. The third-order valence-electron chi connectivity index (χ3n) is 7.12. The molecule has 5 rings (SSSR count). The number of hydrogen-bond donors (Lipinski definition) is 1. The summed E-state index contributed by atoms with van der Waals surface area (Å²) in [5.41, 5.74) is 4.44. The van der Waals surface area contributed by atoms with E-state index in [0.717, 1.165) is 82.1 Å². The second kappa shape index (κ2) is 9.19. The summed E-state index contributed by atoms with van der Waals surface area (Å²) in [6.07, 6.45) is 4.40. The maximum absolute atomic E-state index is 14.5. The van der Waals surface area contributed by atoms with E-state index in [9.17, 15) is 4.39 Å². The Hall–Kier alpha value is -2.46. The van der Waals surface area contributed by atoms with Gasteiger partial charge in [-0.1, -0.05) is 12.1 Å². The minimum Gasteiger partial charge on any atom is -0.381 e. The topological polar surface area (TPSA) is 57.5 Å². The zero-order valence-electron chi connectivity index (χ0n) is 18.4. The second-order valence-electron chi connectivity index (χ2n) is 9.39. The maximum Gasteiger partial charge on any atom is 0.141 e. The zero-order valence-corrected chi connectivity index (χ0v) is 18.4. The smallest absolute Gasteiger partial charge is 0.141 e. The van der Waals surface area contributed by atoms with Crippen molar-refractivity contribution in [3.8, 4) is 17.2 Å². The van der Waals surface area contributed by atoms with Gasteiger partial charge in [0.1, 0.15) is 11.9 Å². The highest BCUT2D eigenvalue weighted by atomic mass is 19.1. The van der Waals surface area contributed by atoms with E-state index in [0.29, 0.717) is 0 Å². The molecule has 0 aliphatic carbocycles. The molecule has 0 amide bonds. The molecule has 3 heterocycles. The van der Waals surface area contributed by atoms with Crippen LogP contribution in [-0.2, 0) is 15.9 Å². The Morgan fingerprint density at radius 3 is 2.88 bits per heavy atom. The van der Waals surface area contributed by atoms with Crippen molar-refractivity contribution in [2.24, 2.45) is 5.41 Å². The van der Waals surface area contributed by atoms with Crippen LogP contribution in [0.4, 0.5) is 10.1 Å². The van der Waals surface area contributed by atoms with Crippen molar-refractivity contribution in [1.82, 2.24) is 5.32 Å². The quantitative estimate of drug-likeness (QED) is 0.789. The lowest BCUT2D eigenvalue weighted by atomic mass is 9.79. The maximum atomic E-state index is 14.5. The predicted octanol–water partition coefficient (Wildman–Crippen LogP) is 3.90. The Labute approximate surface area is 189 Å². The van der Waals surface area contributed by atoms with E-state index in [1.807, 2.05) is 12.1 Å². The number of nitrogens with one attached hydrogen (secondary N) is 1. The van der Waals surface area contributed by atoms with E-state index in [1.54, 1.807) is 6.07 Å². The van der Waals surface area contributed by atoms with E-state index in [1.165, 1.54) is 18.1 Å². The van der Waals surface area contributed by atoms with Crippen molar-refractivity contribution in [3.05, 3.63) is 53.3 Å². The third-order valence-corrected chi connectivity index (χ3v) is 7.12. The summed E-state index contributed by atoms with van der Waals surface area (Å²) < 4.78 is 26.2. The van der Waals surface area contributed by atoms with Crippen molar-refractivity contribution >= 4 is 5.69 Å². The number of morpholine rings is 1. The molecule has 6 heteroatoms. The van der Waals surface area contributed by atoms with Crippen LogP contribution in [0.2, 0.25) is 0 Å². The first-order valence-corrected chi connectivity index (χ1v) is 11.6. The van der Waals surface area contributed by atoms with Crippen molar-refractivity contribution in [3.63, 3.8) is 0 Å².